The van der Waals surface area contributed by atoms with Crippen molar-refractivity contribution in [2.75, 3.05) is 0 Å². The molecular formula is C11H11N2O4-. The number of hydrogen-bond donors (Lipinski definition) is 0. The van der Waals surface area contributed by atoms with Crippen molar-refractivity contribution < 1.29 is 18.9 Å². The van der Waals surface area contributed by atoms with E-state index in [2.05, 4.69) is 10.3 Å². The van der Waals surface area contributed by atoms with Gasteiger partial charge in [0, 0.05) is 17.5 Å². The third-order valence-electron chi connectivity index (χ3n) is 2.71. The van der Waals surface area contributed by atoms with Crippen LogP contribution in [-0.4, -0.2) is 16.3 Å². The fourth-order valence-electron chi connectivity index (χ4n) is 1.69. The molecule has 0 N–H and O–H groups in total. The third kappa shape index (κ3) is 1.93. The molecule has 17 heavy (non-hydrogen) atoms. The smallest absolute Gasteiger partial charge is 0.137 e. The Bertz CT molecular complexity index is 549. The van der Waals surface area contributed by atoms with Gasteiger partial charge in [-0.15, -0.1) is 0 Å². The second kappa shape index (κ2) is 4.04. The lowest BCUT2D eigenvalue weighted by atomic mass is 10.0. The van der Waals surface area contributed by atoms with Crippen LogP contribution in [0.25, 0.3) is 0 Å². The Hall–Kier alpha value is -2.11. The summed E-state index contributed by atoms with van der Waals surface area (Å²) < 4.78 is 9.88. The van der Waals surface area contributed by atoms with Crippen LogP contribution < -0.4 is 5.11 Å². The molecule has 90 valence electrons. The molecule has 0 spiro atoms. The Balaban J connectivity index is 2.43. The average Bonchev–Trinajstić information content (AvgIpc) is 2.77. The number of aryl methyl sites for hydroxylation is 3. The largest absolute Gasteiger partial charge is 0.543 e. The number of hydrogen-bond acceptors (Lipinski definition) is 6. The molecule has 2 heterocycles. The molecule has 2 aromatic rings. The summed E-state index contributed by atoms with van der Waals surface area (Å²) in [4.78, 5) is 10.9. The number of carbonyl (C=O) groups is 1. The minimum atomic E-state index is -1.34. The SMILES string of the molecule is Cc1noc(C)c1Cc1c(C(=O)[O-])noc1C. The number of aromatic nitrogens is 2. The van der Waals surface area contributed by atoms with Crippen molar-refractivity contribution in [2.24, 2.45) is 0 Å². The molecule has 6 heteroatoms. The molecule has 0 fully saturated rings. The van der Waals surface area contributed by atoms with E-state index in [-0.39, 0.29) is 5.69 Å². The van der Waals surface area contributed by atoms with Gasteiger partial charge in [-0.2, -0.15) is 0 Å². The minimum absolute atomic E-state index is 0.164. The summed E-state index contributed by atoms with van der Waals surface area (Å²) in [6.45, 7) is 5.23. The van der Waals surface area contributed by atoms with Crippen LogP contribution in [-0.2, 0) is 6.42 Å². The van der Waals surface area contributed by atoms with Crippen LogP contribution >= 0.6 is 0 Å². The molecule has 0 aromatic carbocycles. The normalized spacial score (nSPS) is 10.8. The van der Waals surface area contributed by atoms with Crippen molar-refractivity contribution in [1.29, 1.82) is 0 Å². The van der Waals surface area contributed by atoms with Crippen molar-refractivity contribution in [3.05, 3.63) is 34.0 Å². The molecule has 0 saturated heterocycles. The van der Waals surface area contributed by atoms with Gasteiger partial charge in [0.05, 0.1) is 11.7 Å². The van der Waals surface area contributed by atoms with Crippen LogP contribution in [0.3, 0.4) is 0 Å². The predicted molar refractivity (Wildman–Crippen MR) is 54.4 cm³/mol. The molecule has 0 radical (unpaired) electrons. The van der Waals surface area contributed by atoms with Gasteiger partial charge < -0.3 is 18.9 Å². The molecule has 6 nitrogen and oxygen atoms in total. The summed E-state index contributed by atoms with van der Waals surface area (Å²) in [7, 11) is 0. The maximum atomic E-state index is 10.9. The summed E-state index contributed by atoms with van der Waals surface area (Å²) in [6, 6.07) is 0. The van der Waals surface area contributed by atoms with Gasteiger partial charge in [0.15, 0.2) is 0 Å². The van der Waals surface area contributed by atoms with Crippen molar-refractivity contribution in [1.82, 2.24) is 10.3 Å². The van der Waals surface area contributed by atoms with Crippen molar-refractivity contribution in [3.8, 4) is 0 Å². The van der Waals surface area contributed by atoms with E-state index in [9.17, 15) is 9.90 Å². The zero-order valence-electron chi connectivity index (χ0n) is 9.73. The summed E-state index contributed by atoms with van der Waals surface area (Å²) in [5.74, 6) is -0.222. The zero-order valence-corrected chi connectivity index (χ0v) is 9.73. The quantitative estimate of drug-likeness (QED) is 0.771. The highest BCUT2D eigenvalue weighted by Crippen LogP contribution is 2.21. The highest BCUT2D eigenvalue weighted by Gasteiger charge is 2.18. The lowest BCUT2D eigenvalue weighted by Crippen LogP contribution is -2.24. The monoisotopic (exact) mass is 235 g/mol. The molecule has 2 rings (SSSR count). The summed E-state index contributed by atoms with van der Waals surface area (Å²) in [5.41, 5.74) is 1.91. The first-order valence-electron chi connectivity index (χ1n) is 5.09. The van der Waals surface area contributed by atoms with E-state index in [1.165, 1.54) is 0 Å². The van der Waals surface area contributed by atoms with Crippen LogP contribution in [0.1, 0.15) is 38.8 Å². The Labute approximate surface area is 97.2 Å². The van der Waals surface area contributed by atoms with Crippen LogP contribution in [0.5, 0.6) is 0 Å². The van der Waals surface area contributed by atoms with Gasteiger partial charge >= 0.3 is 0 Å². The standard InChI is InChI=1S/C11H12N2O4/c1-5-8(6(2)16-12-5)4-9-7(3)17-13-10(9)11(14)15/h4H2,1-3H3,(H,14,15)/p-1. The maximum absolute atomic E-state index is 10.9. The molecule has 0 bridgehead atoms. The molecule has 0 amide bonds. The molecule has 0 unspecified atom stereocenters. The van der Waals surface area contributed by atoms with Gasteiger partial charge in [-0.05, 0) is 20.8 Å². The number of aromatic carboxylic acids is 1. The van der Waals surface area contributed by atoms with Gasteiger partial charge in [-0.25, -0.2) is 0 Å². The zero-order chi connectivity index (χ0) is 12.6. The second-order valence-electron chi connectivity index (χ2n) is 3.83. The molecule has 2 aromatic heterocycles. The maximum Gasteiger partial charge on any atom is 0.137 e. The van der Waals surface area contributed by atoms with Gasteiger partial charge in [-0.1, -0.05) is 10.3 Å². The van der Waals surface area contributed by atoms with E-state index in [1.807, 2.05) is 0 Å². The molecule has 0 aliphatic heterocycles. The number of rotatable bonds is 3. The van der Waals surface area contributed by atoms with Crippen LogP contribution in [0.2, 0.25) is 0 Å². The molecule has 0 atom stereocenters. The summed E-state index contributed by atoms with van der Waals surface area (Å²) >= 11 is 0. The number of nitrogens with zero attached hydrogens (tertiary/aromatic N) is 2. The van der Waals surface area contributed by atoms with E-state index in [4.69, 9.17) is 9.05 Å². The fraction of sp³-hybridized carbons (Fsp3) is 0.364. The van der Waals surface area contributed by atoms with Gasteiger partial charge in [-0.3, -0.25) is 0 Å². The first kappa shape index (κ1) is 11.4. The lowest BCUT2D eigenvalue weighted by Gasteiger charge is -2.02. The lowest BCUT2D eigenvalue weighted by molar-refractivity contribution is -0.255. The summed E-state index contributed by atoms with van der Waals surface area (Å²) in [6.07, 6.45) is 0.361. The molecular weight excluding hydrogens is 224 g/mol. The van der Waals surface area contributed by atoms with Crippen molar-refractivity contribution in [3.63, 3.8) is 0 Å². The molecule has 0 aliphatic rings. The van der Waals surface area contributed by atoms with Gasteiger partial charge in [0.25, 0.3) is 0 Å². The topological polar surface area (TPSA) is 92.2 Å². The highest BCUT2D eigenvalue weighted by atomic mass is 16.5. The first-order valence-corrected chi connectivity index (χ1v) is 5.09. The molecule has 0 aliphatic carbocycles. The number of carbonyl (C=O) groups excluding carboxylic acids is 1. The fourth-order valence-corrected chi connectivity index (χ4v) is 1.69. The Morgan fingerprint density at radius 3 is 2.24 bits per heavy atom. The average molecular weight is 235 g/mol. The van der Waals surface area contributed by atoms with Crippen molar-refractivity contribution >= 4 is 5.97 Å². The summed E-state index contributed by atoms with van der Waals surface area (Å²) in [5, 5.41) is 18.1. The minimum Gasteiger partial charge on any atom is -0.543 e. The van der Waals surface area contributed by atoms with E-state index < -0.39 is 5.97 Å². The number of carboxylic acid groups (broad SMARTS) is 1. The first-order chi connectivity index (χ1) is 8.00. The second-order valence-corrected chi connectivity index (χ2v) is 3.83. The Kier molecular flexibility index (Phi) is 2.71. The highest BCUT2D eigenvalue weighted by molar-refractivity contribution is 5.85. The van der Waals surface area contributed by atoms with Crippen LogP contribution in [0, 0.1) is 20.8 Å². The Morgan fingerprint density at radius 2 is 1.71 bits per heavy atom. The van der Waals surface area contributed by atoms with E-state index in [0.29, 0.717) is 23.5 Å². The third-order valence-corrected chi connectivity index (χ3v) is 2.71. The molecule has 0 saturated carbocycles. The van der Waals surface area contributed by atoms with Crippen LogP contribution in [0.4, 0.5) is 0 Å². The van der Waals surface area contributed by atoms with Gasteiger partial charge in [0.1, 0.15) is 17.2 Å². The predicted octanol–water partition coefficient (Wildman–Crippen LogP) is 0.542. The van der Waals surface area contributed by atoms with E-state index >= 15 is 0 Å². The Morgan fingerprint density at radius 1 is 1.12 bits per heavy atom. The van der Waals surface area contributed by atoms with Crippen LogP contribution in [0.15, 0.2) is 9.05 Å². The van der Waals surface area contributed by atoms with Gasteiger partial charge in [0.2, 0.25) is 0 Å². The van der Waals surface area contributed by atoms with Crippen molar-refractivity contribution in [2.45, 2.75) is 27.2 Å². The number of carboxylic acids is 1. The van der Waals surface area contributed by atoms with E-state index in [0.717, 1.165) is 11.3 Å². The van der Waals surface area contributed by atoms with E-state index in [1.54, 1.807) is 20.8 Å².